The second kappa shape index (κ2) is 4.53. The van der Waals surface area contributed by atoms with E-state index in [1.807, 2.05) is 0 Å². The maximum atomic E-state index is 12.1. The summed E-state index contributed by atoms with van der Waals surface area (Å²) in [6.07, 6.45) is 2.18. The van der Waals surface area contributed by atoms with Gasteiger partial charge in [-0.05, 0) is 40.5 Å². The number of rotatable bonds is 5. The van der Waals surface area contributed by atoms with E-state index in [0.29, 0.717) is 12.8 Å². The standard InChI is InChI=1S/C13H24N2O3/c1-11(2,12(3,4)14)9(16)15-8-13(10(17)18)6-5-7-13/h5-8,14H2,1-4H3,(H,15,16)(H,17,18). The molecule has 1 rings (SSSR count). The molecule has 0 atom stereocenters. The molecule has 0 spiro atoms. The zero-order valence-corrected chi connectivity index (χ0v) is 11.7. The molecule has 104 valence electrons. The Labute approximate surface area is 108 Å². The third-order valence-corrected chi connectivity index (χ3v) is 4.53. The van der Waals surface area contributed by atoms with Crippen molar-refractivity contribution in [3.05, 3.63) is 0 Å². The van der Waals surface area contributed by atoms with Crippen molar-refractivity contribution in [2.24, 2.45) is 16.6 Å². The number of hydrogen-bond donors (Lipinski definition) is 3. The van der Waals surface area contributed by atoms with Gasteiger partial charge in [-0.2, -0.15) is 0 Å². The summed E-state index contributed by atoms with van der Waals surface area (Å²) in [5.74, 6) is -1.01. The molecule has 0 bridgehead atoms. The molecule has 0 radical (unpaired) electrons. The molecule has 1 saturated carbocycles. The Hall–Kier alpha value is -1.10. The number of carbonyl (C=O) groups excluding carboxylic acids is 1. The first-order chi connectivity index (χ1) is 8.03. The first kappa shape index (κ1) is 15.0. The average Bonchev–Trinajstić information content (AvgIpc) is 2.12. The van der Waals surface area contributed by atoms with E-state index >= 15 is 0 Å². The third kappa shape index (κ3) is 2.51. The van der Waals surface area contributed by atoms with Gasteiger partial charge in [-0.1, -0.05) is 6.42 Å². The van der Waals surface area contributed by atoms with Crippen molar-refractivity contribution in [2.45, 2.75) is 52.5 Å². The molecule has 0 aromatic carbocycles. The molecule has 18 heavy (non-hydrogen) atoms. The van der Waals surface area contributed by atoms with Crippen molar-refractivity contribution in [1.29, 1.82) is 0 Å². The lowest BCUT2D eigenvalue weighted by Gasteiger charge is -2.41. The van der Waals surface area contributed by atoms with Gasteiger partial charge in [0, 0.05) is 12.1 Å². The highest BCUT2D eigenvalue weighted by molar-refractivity contribution is 5.84. The Bertz CT molecular complexity index is 352. The second-order valence-electron chi connectivity index (χ2n) is 6.47. The first-order valence-electron chi connectivity index (χ1n) is 6.33. The van der Waals surface area contributed by atoms with Crippen LogP contribution < -0.4 is 11.1 Å². The summed E-state index contributed by atoms with van der Waals surface area (Å²) in [4.78, 5) is 23.3. The highest BCUT2D eigenvalue weighted by Crippen LogP contribution is 2.40. The summed E-state index contributed by atoms with van der Waals surface area (Å²) in [6.45, 7) is 7.33. The molecule has 1 aliphatic rings. The fraction of sp³-hybridized carbons (Fsp3) is 0.846. The van der Waals surface area contributed by atoms with Crippen molar-refractivity contribution in [1.82, 2.24) is 5.32 Å². The number of carboxylic acid groups (broad SMARTS) is 1. The van der Waals surface area contributed by atoms with Gasteiger partial charge in [0.05, 0.1) is 10.8 Å². The SMILES string of the molecule is CC(C)(N)C(C)(C)C(=O)NCC1(C(=O)O)CCC1. The Kier molecular flexibility index (Phi) is 3.77. The molecule has 4 N–H and O–H groups in total. The van der Waals surface area contributed by atoms with Crippen LogP contribution in [0, 0.1) is 10.8 Å². The van der Waals surface area contributed by atoms with Crippen LogP contribution in [0.4, 0.5) is 0 Å². The number of carbonyl (C=O) groups is 2. The van der Waals surface area contributed by atoms with Gasteiger partial charge in [-0.3, -0.25) is 9.59 Å². The molecule has 0 unspecified atom stereocenters. The Morgan fingerprint density at radius 3 is 2.06 bits per heavy atom. The molecule has 0 aromatic heterocycles. The number of hydrogen-bond acceptors (Lipinski definition) is 3. The van der Waals surface area contributed by atoms with Crippen LogP contribution in [0.2, 0.25) is 0 Å². The van der Waals surface area contributed by atoms with E-state index in [4.69, 9.17) is 5.73 Å². The largest absolute Gasteiger partial charge is 0.481 e. The quantitative estimate of drug-likeness (QED) is 0.687. The van der Waals surface area contributed by atoms with Gasteiger partial charge in [0.15, 0.2) is 0 Å². The highest BCUT2D eigenvalue weighted by Gasteiger charge is 2.46. The number of carboxylic acids is 1. The zero-order valence-electron chi connectivity index (χ0n) is 11.7. The van der Waals surface area contributed by atoms with E-state index in [2.05, 4.69) is 5.32 Å². The van der Waals surface area contributed by atoms with Gasteiger partial charge in [0.25, 0.3) is 0 Å². The van der Waals surface area contributed by atoms with Crippen LogP contribution in [0.25, 0.3) is 0 Å². The normalized spacial score (nSPS) is 18.9. The topological polar surface area (TPSA) is 92.4 Å². The molecule has 1 aliphatic carbocycles. The van der Waals surface area contributed by atoms with Gasteiger partial charge < -0.3 is 16.2 Å². The molecule has 1 fully saturated rings. The van der Waals surface area contributed by atoms with Gasteiger partial charge in [0.1, 0.15) is 0 Å². The lowest BCUT2D eigenvalue weighted by atomic mass is 9.68. The molecule has 0 heterocycles. The summed E-state index contributed by atoms with van der Waals surface area (Å²) in [5, 5.41) is 11.9. The van der Waals surface area contributed by atoms with Crippen molar-refractivity contribution in [2.75, 3.05) is 6.54 Å². The molecule has 1 amide bonds. The van der Waals surface area contributed by atoms with Crippen LogP contribution in [0.1, 0.15) is 47.0 Å². The van der Waals surface area contributed by atoms with E-state index in [1.165, 1.54) is 0 Å². The van der Waals surface area contributed by atoms with Crippen LogP contribution >= 0.6 is 0 Å². The van der Waals surface area contributed by atoms with Gasteiger partial charge in [-0.25, -0.2) is 0 Å². The minimum atomic E-state index is -0.820. The lowest BCUT2D eigenvalue weighted by Crippen LogP contribution is -2.57. The molecule has 0 saturated heterocycles. The van der Waals surface area contributed by atoms with E-state index in [0.717, 1.165) is 6.42 Å². The summed E-state index contributed by atoms with van der Waals surface area (Å²) in [6, 6.07) is 0. The van der Waals surface area contributed by atoms with E-state index in [1.54, 1.807) is 27.7 Å². The predicted octanol–water partition coefficient (Wildman–Crippen LogP) is 1.12. The van der Waals surface area contributed by atoms with Gasteiger partial charge >= 0.3 is 5.97 Å². The number of aliphatic carboxylic acids is 1. The van der Waals surface area contributed by atoms with Gasteiger partial charge in [0.2, 0.25) is 5.91 Å². The van der Waals surface area contributed by atoms with Crippen molar-refractivity contribution >= 4 is 11.9 Å². The molecule has 5 heteroatoms. The van der Waals surface area contributed by atoms with Crippen LogP contribution in [-0.2, 0) is 9.59 Å². The minimum Gasteiger partial charge on any atom is -0.481 e. The van der Waals surface area contributed by atoms with Crippen LogP contribution in [0.3, 0.4) is 0 Å². The summed E-state index contributed by atoms with van der Waals surface area (Å²) < 4.78 is 0. The van der Waals surface area contributed by atoms with Crippen molar-refractivity contribution in [3.8, 4) is 0 Å². The second-order valence-corrected chi connectivity index (χ2v) is 6.47. The Balaban J connectivity index is 2.64. The van der Waals surface area contributed by atoms with Crippen LogP contribution in [0.15, 0.2) is 0 Å². The lowest BCUT2D eigenvalue weighted by molar-refractivity contribution is -0.154. The molecular weight excluding hydrogens is 232 g/mol. The van der Waals surface area contributed by atoms with Crippen LogP contribution in [-0.4, -0.2) is 29.1 Å². The van der Waals surface area contributed by atoms with Gasteiger partial charge in [-0.15, -0.1) is 0 Å². The summed E-state index contributed by atoms with van der Waals surface area (Å²) >= 11 is 0. The molecule has 5 nitrogen and oxygen atoms in total. The predicted molar refractivity (Wildman–Crippen MR) is 69.0 cm³/mol. The zero-order chi connectivity index (χ0) is 14.2. The maximum Gasteiger partial charge on any atom is 0.311 e. The first-order valence-corrected chi connectivity index (χ1v) is 6.33. The highest BCUT2D eigenvalue weighted by atomic mass is 16.4. The number of amides is 1. The average molecular weight is 256 g/mol. The minimum absolute atomic E-state index is 0.192. The van der Waals surface area contributed by atoms with E-state index < -0.39 is 22.3 Å². The molecule has 0 aromatic rings. The summed E-state index contributed by atoms with van der Waals surface area (Å²) in [7, 11) is 0. The smallest absolute Gasteiger partial charge is 0.311 e. The van der Waals surface area contributed by atoms with Crippen molar-refractivity contribution < 1.29 is 14.7 Å². The van der Waals surface area contributed by atoms with E-state index in [9.17, 15) is 14.7 Å². The fourth-order valence-corrected chi connectivity index (χ4v) is 1.83. The monoisotopic (exact) mass is 256 g/mol. The van der Waals surface area contributed by atoms with Crippen LogP contribution in [0.5, 0.6) is 0 Å². The maximum absolute atomic E-state index is 12.1. The Morgan fingerprint density at radius 1 is 1.28 bits per heavy atom. The molecule has 0 aliphatic heterocycles. The third-order valence-electron chi connectivity index (χ3n) is 4.53. The fourth-order valence-electron chi connectivity index (χ4n) is 1.83. The summed E-state index contributed by atoms with van der Waals surface area (Å²) in [5.41, 5.74) is 3.82. The number of nitrogens with two attached hydrogens (primary N) is 1. The molecular formula is C13H24N2O3. The van der Waals surface area contributed by atoms with Crippen molar-refractivity contribution in [3.63, 3.8) is 0 Å². The number of nitrogens with one attached hydrogen (secondary N) is 1. The van der Waals surface area contributed by atoms with E-state index in [-0.39, 0.29) is 12.5 Å². The Morgan fingerprint density at radius 2 is 1.78 bits per heavy atom.